The zero-order valence-corrected chi connectivity index (χ0v) is 34.1. The van der Waals surface area contributed by atoms with E-state index in [1.807, 2.05) is 22.7 Å². The van der Waals surface area contributed by atoms with Gasteiger partial charge in [0.05, 0.1) is 11.4 Å². The van der Waals surface area contributed by atoms with E-state index >= 15 is 0 Å². The summed E-state index contributed by atoms with van der Waals surface area (Å²) in [6.45, 7) is 0. The molecule has 0 atom stereocenters. The van der Waals surface area contributed by atoms with Crippen molar-refractivity contribution in [1.29, 1.82) is 0 Å². The number of fused-ring (bicyclic) bond motifs is 8. The fourth-order valence-corrected chi connectivity index (χ4v) is 11.3. The molecule has 10 aromatic carbocycles. The van der Waals surface area contributed by atoms with Crippen LogP contribution in [0.2, 0.25) is 0 Å². The van der Waals surface area contributed by atoms with Crippen molar-refractivity contribution < 1.29 is 0 Å². The van der Waals surface area contributed by atoms with Gasteiger partial charge in [0.1, 0.15) is 0 Å². The number of thiophene rings is 2. The van der Waals surface area contributed by atoms with Gasteiger partial charge in [-0.05, 0) is 94.7 Å². The normalized spacial score (nSPS) is 11.7. The highest BCUT2D eigenvalue weighted by atomic mass is 32.1. The molecule has 0 fully saturated rings. The van der Waals surface area contributed by atoms with Crippen LogP contribution in [-0.4, -0.2) is 0 Å². The minimum Gasteiger partial charge on any atom is -0.310 e. The highest BCUT2D eigenvalue weighted by Gasteiger charge is 2.20. The first-order chi connectivity index (χ1) is 29.7. The molecule has 0 aliphatic rings. The van der Waals surface area contributed by atoms with Crippen molar-refractivity contribution in [1.82, 2.24) is 0 Å². The Balaban J connectivity index is 1.02. The first-order valence-corrected chi connectivity index (χ1v) is 22.0. The minimum atomic E-state index is 1.11. The Morgan fingerprint density at radius 1 is 0.250 bits per heavy atom. The van der Waals surface area contributed by atoms with Gasteiger partial charge in [0.15, 0.2) is 0 Å². The average molecular weight is 801 g/mol. The summed E-state index contributed by atoms with van der Waals surface area (Å²) in [4.78, 5) is 4.87. The molecule has 4 heteroatoms. The topological polar surface area (TPSA) is 6.48 Å². The number of rotatable bonds is 7. The zero-order valence-electron chi connectivity index (χ0n) is 32.5. The van der Waals surface area contributed by atoms with Gasteiger partial charge in [-0.15, -0.1) is 22.7 Å². The van der Waals surface area contributed by atoms with Gasteiger partial charge >= 0.3 is 0 Å². The Labute approximate surface area is 356 Å². The molecule has 2 heterocycles. The summed E-state index contributed by atoms with van der Waals surface area (Å²) in [6.07, 6.45) is 0. The highest BCUT2D eigenvalue weighted by Crippen LogP contribution is 2.46. The molecule has 0 radical (unpaired) electrons. The maximum Gasteiger partial charge on any atom is 0.0540 e. The van der Waals surface area contributed by atoms with Crippen LogP contribution in [0.4, 0.5) is 34.1 Å². The highest BCUT2D eigenvalue weighted by molar-refractivity contribution is 7.26. The van der Waals surface area contributed by atoms with E-state index in [0.717, 1.165) is 45.3 Å². The van der Waals surface area contributed by atoms with Gasteiger partial charge in [-0.25, -0.2) is 0 Å². The van der Waals surface area contributed by atoms with Crippen LogP contribution >= 0.6 is 22.7 Å². The van der Waals surface area contributed by atoms with Gasteiger partial charge < -0.3 is 9.80 Å². The predicted octanol–water partition coefficient (Wildman–Crippen LogP) is 17.3. The third-order valence-corrected chi connectivity index (χ3v) is 14.1. The zero-order chi connectivity index (χ0) is 39.6. The van der Waals surface area contributed by atoms with Gasteiger partial charge in [-0.3, -0.25) is 0 Å². The van der Waals surface area contributed by atoms with Gasteiger partial charge in [-0.2, -0.15) is 0 Å². The Kier molecular flexibility index (Phi) is 8.25. The van der Waals surface area contributed by atoms with Gasteiger partial charge in [0, 0.05) is 73.9 Å². The summed E-state index contributed by atoms with van der Waals surface area (Å²) < 4.78 is 5.18. The van der Waals surface area contributed by atoms with Gasteiger partial charge in [0.25, 0.3) is 0 Å². The number of hydrogen-bond acceptors (Lipinski definition) is 4. The van der Waals surface area contributed by atoms with Crippen LogP contribution in [0, 0.1) is 0 Å². The van der Waals surface area contributed by atoms with E-state index in [9.17, 15) is 0 Å². The van der Waals surface area contributed by atoms with E-state index in [0.29, 0.717) is 0 Å². The molecule has 12 rings (SSSR count). The molecule has 2 aromatic heterocycles. The molecule has 0 bridgehead atoms. The van der Waals surface area contributed by atoms with Crippen LogP contribution in [0.25, 0.3) is 73.0 Å². The maximum atomic E-state index is 2.43. The minimum absolute atomic E-state index is 1.11. The largest absolute Gasteiger partial charge is 0.310 e. The summed E-state index contributed by atoms with van der Waals surface area (Å²) in [5, 5.41) is 10.1. The fourth-order valence-electron chi connectivity index (χ4n) is 9.02. The number of anilines is 6. The first-order valence-electron chi connectivity index (χ1n) is 20.3. The second-order valence-corrected chi connectivity index (χ2v) is 17.5. The van der Waals surface area contributed by atoms with E-state index in [4.69, 9.17) is 0 Å². The summed E-state index contributed by atoms with van der Waals surface area (Å²) >= 11 is 3.72. The molecule has 0 N–H and O–H groups in total. The van der Waals surface area contributed by atoms with Crippen molar-refractivity contribution in [3.63, 3.8) is 0 Å². The van der Waals surface area contributed by atoms with Crippen molar-refractivity contribution in [3.8, 4) is 11.1 Å². The third-order valence-electron chi connectivity index (χ3n) is 11.8. The van der Waals surface area contributed by atoms with Crippen molar-refractivity contribution in [2.45, 2.75) is 0 Å². The van der Waals surface area contributed by atoms with Gasteiger partial charge in [0.2, 0.25) is 0 Å². The Hall–Kier alpha value is -7.24. The van der Waals surface area contributed by atoms with E-state index < -0.39 is 0 Å². The molecular formula is C56H36N2S2. The molecule has 2 nitrogen and oxygen atoms in total. The molecule has 0 aliphatic heterocycles. The molecule has 0 spiro atoms. The fraction of sp³-hybridized carbons (Fsp3) is 0. The quantitative estimate of drug-likeness (QED) is 0.158. The van der Waals surface area contributed by atoms with Crippen LogP contribution in [0.5, 0.6) is 0 Å². The van der Waals surface area contributed by atoms with E-state index in [-0.39, 0.29) is 0 Å². The lowest BCUT2D eigenvalue weighted by atomic mass is 10.0. The molecule has 0 unspecified atom stereocenters. The lowest BCUT2D eigenvalue weighted by Crippen LogP contribution is -2.11. The monoisotopic (exact) mass is 800 g/mol. The lowest BCUT2D eigenvalue weighted by Gasteiger charge is -2.28. The standard InChI is InChI=1S/C56H36N2S2/c1-3-21-45-37(13-1)15-11-25-51(45)57(43-29-31-49-47-23-5-7-27-53(47)59-55(49)35-43)41-19-9-17-39(33-41)40-18-10-20-42(34-40)58(52-26-12-16-38-14-2-4-22-46(38)52)44-30-32-50-48-24-6-8-28-54(48)60-56(50)36-44/h1-36H. The van der Waals surface area contributed by atoms with Crippen LogP contribution < -0.4 is 9.80 Å². The summed E-state index contributed by atoms with van der Waals surface area (Å²) in [6, 6.07) is 80.1. The van der Waals surface area contributed by atoms with Crippen LogP contribution in [0.15, 0.2) is 218 Å². The lowest BCUT2D eigenvalue weighted by molar-refractivity contribution is 1.30. The molecular weight excluding hydrogens is 765 g/mol. The Morgan fingerprint density at radius 3 is 1.10 bits per heavy atom. The molecule has 12 aromatic rings. The van der Waals surface area contributed by atoms with Crippen molar-refractivity contribution in [2.75, 3.05) is 9.80 Å². The molecule has 60 heavy (non-hydrogen) atoms. The van der Waals surface area contributed by atoms with Crippen LogP contribution in [-0.2, 0) is 0 Å². The van der Waals surface area contributed by atoms with E-state index in [1.54, 1.807) is 0 Å². The predicted molar refractivity (Wildman–Crippen MR) is 262 cm³/mol. The SMILES string of the molecule is c1cc(-c2cccc(N(c3ccc4c(c3)sc3ccccc34)c3cccc4ccccc34)c2)cc(N(c2ccc3c(c2)sc2ccccc23)c2cccc3ccccc23)c1. The van der Waals surface area contributed by atoms with E-state index in [2.05, 4.69) is 228 Å². The molecule has 0 saturated heterocycles. The molecule has 0 saturated carbocycles. The van der Waals surface area contributed by atoms with Crippen molar-refractivity contribution in [2.24, 2.45) is 0 Å². The number of hydrogen-bond donors (Lipinski definition) is 0. The summed E-state index contributed by atoms with van der Waals surface area (Å²) in [5.41, 5.74) is 9.09. The number of benzene rings is 10. The summed E-state index contributed by atoms with van der Waals surface area (Å²) in [5.74, 6) is 0. The Morgan fingerprint density at radius 2 is 0.617 bits per heavy atom. The second-order valence-electron chi connectivity index (χ2n) is 15.3. The smallest absolute Gasteiger partial charge is 0.0540 e. The first kappa shape index (κ1) is 34.8. The summed E-state index contributed by atoms with van der Waals surface area (Å²) in [7, 11) is 0. The molecule has 0 amide bonds. The second kappa shape index (κ2) is 14.2. The molecule has 282 valence electrons. The van der Waals surface area contributed by atoms with Crippen molar-refractivity contribution in [3.05, 3.63) is 218 Å². The van der Waals surface area contributed by atoms with Crippen LogP contribution in [0.1, 0.15) is 0 Å². The maximum absolute atomic E-state index is 2.43. The number of nitrogens with zero attached hydrogens (tertiary/aromatic N) is 2. The average Bonchev–Trinajstić information content (AvgIpc) is 3.87. The molecule has 0 aliphatic carbocycles. The Bertz CT molecular complexity index is 3350. The van der Waals surface area contributed by atoms with Crippen LogP contribution in [0.3, 0.4) is 0 Å². The third kappa shape index (κ3) is 5.84. The van der Waals surface area contributed by atoms with Crippen molar-refractivity contribution >= 4 is 119 Å². The van der Waals surface area contributed by atoms with Gasteiger partial charge in [-0.1, -0.05) is 146 Å². The van der Waals surface area contributed by atoms with E-state index in [1.165, 1.54) is 61.9 Å².